The molecule has 130 valence electrons. The number of nitrogens with zero attached hydrogens (tertiary/aromatic N) is 1. The summed E-state index contributed by atoms with van der Waals surface area (Å²) >= 11 is 0. The van der Waals surface area contributed by atoms with Crippen molar-refractivity contribution in [1.82, 2.24) is 9.55 Å². The Kier molecular flexibility index (Phi) is 6.32. The molecule has 1 saturated heterocycles. The highest BCUT2D eigenvalue weighted by Crippen LogP contribution is 2.48. The maximum Gasteiger partial charge on any atom is 0.356 e. The molecule has 2 unspecified atom stereocenters. The lowest BCUT2D eigenvalue weighted by Crippen LogP contribution is -2.31. The van der Waals surface area contributed by atoms with Gasteiger partial charge in [-0.1, -0.05) is 0 Å². The standard InChI is InChI=1S/C13H21N2O7P/c1-3-20-23(18,21-4-2)9-19-12-6-5-11(22-12)15-8-7-10(16)14-13(15)17/h7-8,11-12H,3-6,9H2,1-2H3,(H,14,16,17). The molecule has 0 bridgehead atoms. The van der Waals surface area contributed by atoms with Crippen molar-refractivity contribution in [1.29, 1.82) is 0 Å². The Morgan fingerprint density at radius 3 is 2.61 bits per heavy atom. The molecule has 1 aliphatic heterocycles. The van der Waals surface area contributed by atoms with E-state index in [1.165, 1.54) is 16.8 Å². The van der Waals surface area contributed by atoms with Crippen LogP contribution in [-0.2, 0) is 23.1 Å². The molecule has 1 N–H and O–H groups in total. The quantitative estimate of drug-likeness (QED) is 0.708. The number of hydrogen-bond donors (Lipinski definition) is 1. The number of hydrogen-bond acceptors (Lipinski definition) is 7. The Morgan fingerprint density at radius 1 is 1.30 bits per heavy atom. The molecule has 2 rings (SSSR count). The van der Waals surface area contributed by atoms with Gasteiger partial charge in [0.05, 0.1) is 13.2 Å². The predicted molar refractivity (Wildman–Crippen MR) is 81.3 cm³/mol. The lowest BCUT2D eigenvalue weighted by atomic mass is 10.3. The highest BCUT2D eigenvalue weighted by atomic mass is 31.2. The van der Waals surface area contributed by atoms with Gasteiger partial charge in [0, 0.05) is 18.7 Å². The Hall–Kier alpha value is -1.25. The van der Waals surface area contributed by atoms with E-state index in [0.717, 1.165) is 0 Å². The van der Waals surface area contributed by atoms with Gasteiger partial charge in [-0.15, -0.1) is 0 Å². The summed E-state index contributed by atoms with van der Waals surface area (Å²) in [5.41, 5.74) is -1.01. The monoisotopic (exact) mass is 348 g/mol. The SMILES string of the molecule is CCOP(=O)(COC1CCC(n2ccc(=O)[nH]c2=O)O1)OCC. The topological polar surface area (TPSA) is 109 Å². The molecule has 1 aromatic rings. The molecule has 23 heavy (non-hydrogen) atoms. The molecule has 1 aliphatic rings. The van der Waals surface area contributed by atoms with Crippen LogP contribution in [0, 0.1) is 0 Å². The molecule has 2 atom stereocenters. The average molecular weight is 348 g/mol. The van der Waals surface area contributed by atoms with Crippen LogP contribution in [0.5, 0.6) is 0 Å². The summed E-state index contributed by atoms with van der Waals surface area (Å²) < 4.78 is 34.9. The first-order valence-corrected chi connectivity index (χ1v) is 9.17. The largest absolute Gasteiger partial charge is 0.356 e. The van der Waals surface area contributed by atoms with Crippen molar-refractivity contribution in [2.24, 2.45) is 0 Å². The molecular formula is C13H21N2O7P. The van der Waals surface area contributed by atoms with Crippen molar-refractivity contribution >= 4 is 7.60 Å². The van der Waals surface area contributed by atoms with Crippen molar-refractivity contribution in [2.75, 3.05) is 19.6 Å². The van der Waals surface area contributed by atoms with E-state index in [1.807, 2.05) is 0 Å². The van der Waals surface area contributed by atoms with Gasteiger partial charge >= 0.3 is 13.3 Å². The minimum Gasteiger partial charge on any atom is -0.340 e. The molecule has 1 aromatic heterocycles. The smallest absolute Gasteiger partial charge is 0.340 e. The summed E-state index contributed by atoms with van der Waals surface area (Å²) in [6.07, 6.45) is 1.06. The molecule has 9 nitrogen and oxygen atoms in total. The van der Waals surface area contributed by atoms with Crippen LogP contribution >= 0.6 is 7.60 Å². The molecule has 0 aromatic carbocycles. The van der Waals surface area contributed by atoms with E-state index in [4.69, 9.17) is 18.5 Å². The van der Waals surface area contributed by atoms with Crippen LogP contribution < -0.4 is 11.2 Å². The molecule has 2 heterocycles. The zero-order valence-electron chi connectivity index (χ0n) is 13.1. The molecule has 0 amide bonds. The van der Waals surface area contributed by atoms with Crippen LogP contribution in [-0.4, -0.2) is 35.4 Å². The summed E-state index contributed by atoms with van der Waals surface area (Å²) in [5, 5.41) is 0. The van der Waals surface area contributed by atoms with Crippen molar-refractivity contribution in [2.45, 2.75) is 39.2 Å². The second-order valence-electron chi connectivity index (χ2n) is 4.86. The van der Waals surface area contributed by atoms with E-state index >= 15 is 0 Å². The van der Waals surface area contributed by atoms with Crippen LogP contribution in [0.25, 0.3) is 0 Å². The highest BCUT2D eigenvalue weighted by Gasteiger charge is 2.31. The maximum absolute atomic E-state index is 12.3. The van der Waals surface area contributed by atoms with Crippen LogP contribution in [0.3, 0.4) is 0 Å². The van der Waals surface area contributed by atoms with Gasteiger partial charge in [0.2, 0.25) is 0 Å². The van der Waals surface area contributed by atoms with Crippen molar-refractivity contribution in [3.63, 3.8) is 0 Å². The van der Waals surface area contributed by atoms with Gasteiger partial charge in [0.15, 0.2) is 12.6 Å². The molecule has 1 fully saturated rings. The summed E-state index contributed by atoms with van der Waals surface area (Å²) in [7, 11) is -3.30. The average Bonchev–Trinajstić information content (AvgIpc) is 2.94. The second-order valence-corrected chi connectivity index (χ2v) is 6.85. The number of aromatic nitrogens is 2. The van der Waals surface area contributed by atoms with Crippen LogP contribution in [0.4, 0.5) is 0 Å². The van der Waals surface area contributed by atoms with Gasteiger partial charge in [-0.25, -0.2) is 4.79 Å². The third-order valence-electron chi connectivity index (χ3n) is 3.19. The number of aromatic amines is 1. The number of H-pyrrole nitrogens is 1. The number of ether oxygens (including phenoxy) is 2. The summed E-state index contributed by atoms with van der Waals surface area (Å²) in [4.78, 5) is 25.0. The third-order valence-corrected chi connectivity index (χ3v) is 4.96. The third kappa shape index (κ3) is 4.86. The lowest BCUT2D eigenvalue weighted by molar-refractivity contribution is -0.142. The Labute approximate surface area is 133 Å². The van der Waals surface area contributed by atoms with E-state index in [1.54, 1.807) is 13.8 Å². The first kappa shape index (κ1) is 18.1. The molecule has 10 heteroatoms. The summed E-state index contributed by atoms with van der Waals surface area (Å²) in [6.45, 7) is 3.94. The molecule has 0 spiro atoms. The normalized spacial score (nSPS) is 21.7. The zero-order valence-corrected chi connectivity index (χ0v) is 14.0. The van der Waals surface area contributed by atoms with E-state index in [9.17, 15) is 14.2 Å². The van der Waals surface area contributed by atoms with Gasteiger partial charge in [0.25, 0.3) is 5.56 Å². The highest BCUT2D eigenvalue weighted by molar-refractivity contribution is 7.53. The molecule has 0 radical (unpaired) electrons. The van der Waals surface area contributed by atoms with Crippen molar-refractivity contribution in [3.8, 4) is 0 Å². The lowest BCUT2D eigenvalue weighted by Gasteiger charge is -2.20. The fourth-order valence-corrected chi connectivity index (χ4v) is 3.61. The summed E-state index contributed by atoms with van der Waals surface area (Å²) in [5.74, 6) is 0. The first-order chi connectivity index (χ1) is 11.0. The molecule has 0 saturated carbocycles. The first-order valence-electron chi connectivity index (χ1n) is 7.44. The number of nitrogens with one attached hydrogen (secondary N) is 1. The second kappa shape index (κ2) is 8.03. The van der Waals surface area contributed by atoms with Gasteiger partial charge in [-0.05, 0) is 20.3 Å². The van der Waals surface area contributed by atoms with E-state index in [0.29, 0.717) is 12.8 Å². The fourth-order valence-electron chi connectivity index (χ4n) is 2.25. The Balaban J connectivity index is 1.94. The number of rotatable bonds is 8. The summed E-state index contributed by atoms with van der Waals surface area (Å²) in [6, 6.07) is 1.25. The van der Waals surface area contributed by atoms with Crippen molar-refractivity contribution in [3.05, 3.63) is 33.1 Å². The Morgan fingerprint density at radius 2 is 2.00 bits per heavy atom. The van der Waals surface area contributed by atoms with Crippen molar-refractivity contribution < 1.29 is 23.1 Å². The maximum atomic E-state index is 12.3. The van der Waals surface area contributed by atoms with Gasteiger partial charge in [0.1, 0.15) is 6.23 Å². The van der Waals surface area contributed by atoms with Gasteiger partial charge < -0.3 is 18.5 Å². The van der Waals surface area contributed by atoms with E-state index in [2.05, 4.69) is 4.98 Å². The Bertz CT molecular complexity index is 661. The van der Waals surface area contributed by atoms with Crippen LogP contribution in [0.2, 0.25) is 0 Å². The van der Waals surface area contributed by atoms with E-state index in [-0.39, 0.29) is 19.6 Å². The van der Waals surface area contributed by atoms with Gasteiger partial charge in [-0.3, -0.25) is 18.9 Å². The van der Waals surface area contributed by atoms with Crippen LogP contribution in [0.1, 0.15) is 32.9 Å². The minimum atomic E-state index is -3.30. The van der Waals surface area contributed by atoms with E-state index < -0.39 is 31.4 Å². The van der Waals surface area contributed by atoms with Gasteiger partial charge in [-0.2, -0.15) is 0 Å². The van der Waals surface area contributed by atoms with Crippen LogP contribution in [0.15, 0.2) is 21.9 Å². The minimum absolute atomic E-state index is 0.216. The zero-order chi connectivity index (χ0) is 16.9. The predicted octanol–water partition coefficient (Wildman–Crippen LogP) is 1.41. The molecule has 0 aliphatic carbocycles. The fraction of sp³-hybridized carbons (Fsp3) is 0.692. The molecular weight excluding hydrogens is 327 g/mol.